The van der Waals surface area contributed by atoms with Crippen LogP contribution in [0.2, 0.25) is 5.02 Å². The highest BCUT2D eigenvalue weighted by Gasteiger charge is 2.24. The number of nitrogens with zero attached hydrogens (tertiary/aromatic N) is 5. The lowest BCUT2D eigenvalue weighted by Crippen LogP contribution is -2.18. The van der Waals surface area contributed by atoms with Gasteiger partial charge in [0.15, 0.2) is 5.65 Å². The number of anilines is 1. The van der Waals surface area contributed by atoms with E-state index in [-0.39, 0.29) is 5.41 Å². The number of H-pyrrole nitrogens is 1. The highest BCUT2D eigenvalue weighted by atomic mass is 35.5. The molecule has 0 aliphatic carbocycles. The van der Waals surface area contributed by atoms with Crippen LogP contribution in [0.4, 0.5) is 5.95 Å². The van der Waals surface area contributed by atoms with E-state index in [1.54, 1.807) is 6.20 Å². The summed E-state index contributed by atoms with van der Waals surface area (Å²) in [6.45, 7) is 8.39. The summed E-state index contributed by atoms with van der Waals surface area (Å²) in [4.78, 5) is 24.5. The number of hydrogen-bond acceptors (Lipinski definition) is 5. The minimum absolute atomic E-state index is 0.163. The molecular formula is C19H23ClN6. The van der Waals surface area contributed by atoms with Crippen LogP contribution < -0.4 is 4.90 Å². The smallest absolute Gasteiger partial charge is 0.205 e. The first kappa shape index (κ1) is 17.2. The molecule has 26 heavy (non-hydrogen) atoms. The fourth-order valence-corrected chi connectivity index (χ4v) is 3.38. The van der Waals surface area contributed by atoms with Gasteiger partial charge in [0, 0.05) is 31.1 Å². The molecule has 136 valence electrons. The van der Waals surface area contributed by atoms with Gasteiger partial charge in [0.2, 0.25) is 5.95 Å². The van der Waals surface area contributed by atoms with Crippen LogP contribution in [-0.4, -0.2) is 38.0 Å². The first-order valence-electron chi connectivity index (χ1n) is 9.03. The van der Waals surface area contributed by atoms with Gasteiger partial charge in [-0.1, -0.05) is 32.4 Å². The van der Waals surface area contributed by atoms with Crippen molar-refractivity contribution in [3.8, 4) is 0 Å². The molecule has 3 aromatic rings. The Balaban J connectivity index is 1.83. The first-order chi connectivity index (χ1) is 12.4. The van der Waals surface area contributed by atoms with E-state index in [0.717, 1.165) is 41.8 Å². The summed E-state index contributed by atoms with van der Waals surface area (Å²) in [6.07, 6.45) is 4.70. The molecule has 0 unspecified atom stereocenters. The normalized spacial score (nSPS) is 15.2. The Morgan fingerprint density at radius 3 is 2.58 bits per heavy atom. The molecule has 0 radical (unpaired) electrons. The second-order valence-corrected chi connectivity index (χ2v) is 8.21. The zero-order valence-corrected chi connectivity index (χ0v) is 16.1. The number of fused-ring (bicyclic) bond motifs is 1. The molecule has 1 saturated heterocycles. The summed E-state index contributed by atoms with van der Waals surface area (Å²) in [7, 11) is 0. The lowest BCUT2D eigenvalue weighted by atomic mass is 9.95. The Labute approximate surface area is 158 Å². The Morgan fingerprint density at radius 2 is 1.88 bits per heavy atom. The van der Waals surface area contributed by atoms with Crippen molar-refractivity contribution < 1.29 is 0 Å². The standard InChI is InChI=1S/C19H23ClN6/c1-19(2,3)17-22-14(11-13-12(20)7-6-8-21-13)15-16(24-17)25-18(23-15)26-9-4-5-10-26/h6-8H,4-5,9-11H2,1-3H3,(H,22,23,24,25). The number of halogens is 1. The Morgan fingerprint density at radius 1 is 1.12 bits per heavy atom. The van der Waals surface area contributed by atoms with Crippen LogP contribution in [0.5, 0.6) is 0 Å². The summed E-state index contributed by atoms with van der Waals surface area (Å²) in [5.74, 6) is 1.66. The van der Waals surface area contributed by atoms with E-state index in [2.05, 4.69) is 35.6 Å². The largest absolute Gasteiger partial charge is 0.342 e. The zero-order valence-electron chi connectivity index (χ0n) is 15.4. The number of aromatic amines is 1. The number of hydrogen-bond donors (Lipinski definition) is 1. The van der Waals surface area contributed by atoms with Crippen molar-refractivity contribution >= 4 is 28.7 Å². The monoisotopic (exact) mass is 370 g/mol. The number of imidazole rings is 1. The van der Waals surface area contributed by atoms with E-state index in [1.165, 1.54) is 12.8 Å². The van der Waals surface area contributed by atoms with Gasteiger partial charge in [-0.3, -0.25) is 4.98 Å². The van der Waals surface area contributed by atoms with E-state index in [0.29, 0.717) is 17.1 Å². The molecule has 0 atom stereocenters. The van der Waals surface area contributed by atoms with Crippen LogP contribution in [0.15, 0.2) is 18.3 Å². The molecule has 6 nitrogen and oxygen atoms in total. The number of nitrogens with one attached hydrogen (secondary N) is 1. The molecule has 3 aromatic heterocycles. The predicted octanol–water partition coefficient (Wildman–Crippen LogP) is 3.89. The molecule has 7 heteroatoms. The van der Waals surface area contributed by atoms with Crippen molar-refractivity contribution in [2.75, 3.05) is 18.0 Å². The van der Waals surface area contributed by atoms with Crippen LogP contribution in [0.25, 0.3) is 11.2 Å². The van der Waals surface area contributed by atoms with Crippen molar-refractivity contribution in [2.24, 2.45) is 0 Å². The van der Waals surface area contributed by atoms with E-state index in [4.69, 9.17) is 26.6 Å². The molecule has 1 aliphatic rings. The third kappa shape index (κ3) is 3.26. The van der Waals surface area contributed by atoms with Gasteiger partial charge in [0.25, 0.3) is 0 Å². The summed E-state index contributed by atoms with van der Waals surface area (Å²) < 4.78 is 0. The second kappa shape index (κ2) is 6.50. The molecular weight excluding hydrogens is 348 g/mol. The van der Waals surface area contributed by atoms with Gasteiger partial charge >= 0.3 is 0 Å². The average molecular weight is 371 g/mol. The predicted molar refractivity (Wildman–Crippen MR) is 104 cm³/mol. The number of pyridine rings is 1. The van der Waals surface area contributed by atoms with Gasteiger partial charge < -0.3 is 9.88 Å². The number of aromatic nitrogens is 5. The van der Waals surface area contributed by atoms with Gasteiger partial charge in [0.05, 0.1) is 16.4 Å². The number of rotatable bonds is 3. The highest BCUT2D eigenvalue weighted by Crippen LogP contribution is 2.27. The van der Waals surface area contributed by atoms with Crippen molar-refractivity contribution in [2.45, 2.75) is 45.4 Å². The van der Waals surface area contributed by atoms with Gasteiger partial charge in [-0.2, -0.15) is 4.98 Å². The minimum atomic E-state index is -0.163. The third-order valence-corrected chi connectivity index (χ3v) is 5.00. The molecule has 1 aliphatic heterocycles. The fraction of sp³-hybridized carbons (Fsp3) is 0.474. The molecule has 4 rings (SSSR count). The van der Waals surface area contributed by atoms with E-state index in [9.17, 15) is 0 Å². The highest BCUT2D eigenvalue weighted by molar-refractivity contribution is 6.31. The molecule has 1 fully saturated rings. The van der Waals surface area contributed by atoms with Crippen LogP contribution in [0.1, 0.15) is 50.8 Å². The quantitative estimate of drug-likeness (QED) is 0.757. The zero-order chi connectivity index (χ0) is 18.3. The van der Waals surface area contributed by atoms with E-state index in [1.807, 2.05) is 12.1 Å². The van der Waals surface area contributed by atoms with E-state index < -0.39 is 0 Å². The summed E-state index contributed by atoms with van der Waals surface area (Å²) in [5.41, 5.74) is 3.13. The van der Waals surface area contributed by atoms with Crippen molar-refractivity contribution in [3.05, 3.63) is 40.6 Å². The Kier molecular flexibility index (Phi) is 4.31. The minimum Gasteiger partial charge on any atom is -0.342 e. The van der Waals surface area contributed by atoms with E-state index >= 15 is 0 Å². The van der Waals surface area contributed by atoms with Crippen molar-refractivity contribution in [1.29, 1.82) is 0 Å². The SMILES string of the molecule is CC(C)(C)c1nc(Cc2ncccc2Cl)c2[nH]c(N3CCCC3)nc2n1. The molecule has 0 spiro atoms. The fourth-order valence-electron chi connectivity index (χ4n) is 3.19. The molecule has 0 saturated carbocycles. The van der Waals surface area contributed by atoms with Crippen molar-refractivity contribution in [3.63, 3.8) is 0 Å². The Bertz CT molecular complexity index is 937. The summed E-state index contributed by atoms with van der Waals surface area (Å²) in [5, 5.41) is 0.649. The summed E-state index contributed by atoms with van der Waals surface area (Å²) >= 11 is 6.32. The maximum atomic E-state index is 6.32. The first-order valence-corrected chi connectivity index (χ1v) is 9.41. The molecule has 0 bridgehead atoms. The van der Waals surface area contributed by atoms with Crippen LogP contribution >= 0.6 is 11.6 Å². The van der Waals surface area contributed by atoms with Crippen LogP contribution in [-0.2, 0) is 11.8 Å². The average Bonchev–Trinajstić information content (AvgIpc) is 3.24. The maximum Gasteiger partial charge on any atom is 0.205 e. The lowest BCUT2D eigenvalue weighted by Gasteiger charge is -2.17. The molecule has 0 aromatic carbocycles. The van der Waals surface area contributed by atoms with Crippen molar-refractivity contribution in [1.82, 2.24) is 24.9 Å². The summed E-state index contributed by atoms with van der Waals surface area (Å²) in [6, 6.07) is 3.69. The lowest BCUT2D eigenvalue weighted by molar-refractivity contribution is 0.545. The third-order valence-electron chi connectivity index (χ3n) is 4.66. The molecule has 1 N–H and O–H groups in total. The van der Waals surface area contributed by atoms with Gasteiger partial charge in [-0.05, 0) is 25.0 Å². The molecule has 4 heterocycles. The van der Waals surface area contributed by atoms with Gasteiger partial charge in [-0.15, -0.1) is 0 Å². The van der Waals surface area contributed by atoms with Crippen LogP contribution in [0.3, 0.4) is 0 Å². The van der Waals surface area contributed by atoms with Crippen LogP contribution in [0, 0.1) is 0 Å². The molecule has 0 amide bonds. The van der Waals surface area contributed by atoms with Gasteiger partial charge in [-0.25, -0.2) is 9.97 Å². The van der Waals surface area contributed by atoms with Gasteiger partial charge in [0.1, 0.15) is 11.3 Å². The maximum absolute atomic E-state index is 6.32. The Hall–Kier alpha value is -2.21. The topological polar surface area (TPSA) is 70.6 Å². The second-order valence-electron chi connectivity index (χ2n) is 7.81.